The summed E-state index contributed by atoms with van der Waals surface area (Å²) in [6.07, 6.45) is 12.8. The monoisotopic (exact) mass is 399 g/mol. The van der Waals surface area contributed by atoms with Gasteiger partial charge < -0.3 is 10.6 Å². The third kappa shape index (κ3) is 3.19. The second kappa shape index (κ2) is 6.73. The molecule has 4 nitrogen and oxygen atoms in total. The molecule has 0 spiro atoms. The number of amides is 2. The molecule has 2 N–H and O–H groups in total. The first-order chi connectivity index (χ1) is 13.6. The van der Waals surface area contributed by atoms with Crippen molar-refractivity contribution in [2.75, 3.05) is 0 Å². The summed E-state index contributed by atoms with van der Waals surface area (Å²) in [6, 6.07) is 6.18. The van der Waals surface area contributed by atoms with Crippen molar-refractivity contribution in [1.29, 1.82) is 0 Å². The molecule has 6 bridgehead atoms. The number of urea groups is 1. The van der Waals surface area contributed by atoms with Crippen LogP contribution in [0.3, 0.4) is 0 Å². The fraction of sp³-hybridized carbons (Fsp3) is 0.783. The number of thiophene rings is 1. The molecule has 7 rings (SSSR count). The molecular formula is C23H33N3OS. The van der Waals surface area contributed by atoms with Crippen LogP contribution in [0.5, 0.6) is 0 Å². The lowest BCUT2D eigenvalue weighted by molar-refractivity contribution is -0.0139. The summed E-state index contributed by atoms with van der Waals surface area (Å²) in [5, 5.41) is 9.09. The number of hydrogen-bond acceptors (Lipinski definition) is 3. The van der Waals surface area contributed by atoms with Gasteiger partial charge in [-0.1, -0.05) is 6.07 Å². The van der Waals surface area contributed by atoms with Gasteiger partial charge in [0.2, 0.25) is 0 Å². The maximum Gasteiger partial charge on any atom is 0.315 e. The third-order valence-corrected chi connectivity index (χ3v) is 9.42. The van der Waals surface area contributed by atoms with Gasteiger partial charge in [-0.3, -0.25) is 4.90 Å². The van der Waals surface area contributed by atoms with Gasteiger partial charge in [-0.15, -0.1) is 11.3 Å². The van der Waals surface area contributed by atoms with E-state index in [2.05, 4.69) is 33.0 Å². The van der Waals surface area contributed by atoms with Crippen molar-refractivity contribution in [2.24, 2.45) is 17.8 Å². The largest absolute Gasteiger partial charge is 0.335 e. The Bertz CT molecular complexity index is 683. The molecule has 2 amide bonds. The van der Waals surface area contributed by atoms with E-state index < -0.39 is 0 Å². The Morgan fingerprint density at radius 1 is 1.04 bits per heavy atom. The van der Waals surface area contributed by atoms with Crippen LogP contribution in [0.2, 0.25) is 0 Å². The van der Waals surface area contributed by atoms with Crippen molar-refractivity contribution in [3.63, 3.8) is 0 Å². The number of piperidine rings is 1. The molecule has 2 aliphatic heterocycles. The van der Waals surface area contributed by atoms with Gasteiger partial charge in [0.15, 0.2) is 0 Å². The maximum absolute atomic E-state index is 12.9. The molecule has 6 fully saturated rings. The molecule has 0 aromatic carbocycles. The van der Waals surface area contributed by atoms with Crippen molar-refractivity contribution < 1.29 is 4.79 Å². The Labute approximate surface area is 172 Å². The minimum absolute atomic E-state index is 0.123. The lowest BCUT2D eigenvalue weighted by Crippen LogP contribution is -2.62. The Hall–Kier alpha value is -1.07. The molecule has 4 saturated carbocycles. The minimum atomic E-state index is 0.123. The average Bonchev–Trinajstić information content (AvgIpc) is 3.20. The smallest absolute Gasteiger partial charge is 0.315 e. The number of nitrogens with one attached hydrogen (secondary N) is 2. The first kappa shape index (κ1) is 17.8. The zero-order chi connectivity index (χ0) is 18.7. The van der Waals surface area contributed by atoms with Gasteiger partial charge >= 0.3 is 6.03 Å². The van der Waals surface area contributed by atoms with E-state index in [1.165, 1.54) is 56.2 Å². The van der Waals surface area contributed by atoms with Crippen LogP contribution in [0.4, 0.5) is 4.79 Å². The van der Waals surface area contributed by atoms with Gasteiger partial charge in [0, 0.05) is 35.1 Å². The van der Waals surface area contributed by atoms with Crippen molar-refractivity contribution in [2.45, 2.75) is 94.4 Å². The highest BCUT2D eigenvalue weighted by Crippen LogP contribution is 2.55. The summed E-state index contributed by atoms with van der Waals surface area (Å²) < 4.78 is 0. The van der Waals surface area contributed by atoms with Crippen LogP contribution >= 0.6 is 11.3 Å². The highest BCUT2D eigenvalue weighted by molar-refractivity contribution is 7.09. The van der Waals surface area contributed by atoms with Crippen molar-refractivity contribution in [1.82, 2.24) is 15.5 Å². The summed E-state index contributed by atoms with van der Waals surface area (Å²) in [7, 11) is 0. The van der Waals surface area contributed by atoms with Crippen molar-refractivity contribution in [3.05, 3.63) is 22.4 Å². The minimum Gasteiger partial charge on any atom is -0.335 e. The summed E-state index contributed by atoms with van der Waals surface area (Å²) >= 11 is 1.87. The number of nitrogens with zero attached hydrogens (tertiary/aromatic N) is 1. The fourth-order valence-electron chi connectivity index (χ4n) is 7.96. The predicted molar refractivity (Wildman–Crippen MR) is 112 cm³/mol. The van der Waals surface area contributed by atoms with Gasteiger partial charge in [0.25, 0.3) is 0 Å². The van der Waals surface area contributed by atoms with Crippen LogP contribution in [-0.4, -0.2) is 34.6 Å². The van der Waals surface area contributed by atoms with Crippen LogP contribution in [0, 0.1) is 17.8 Å². The van der Waals surface area contributed by atoms with Crippen molar-refractivity contribution >= 4 is 17.4 Å². The second-order valence-corrected chi connectivity index (χ2v) is 11.6. The summed E-state index contributed by atoms with van der Waals surface area (Å²) in [5.41, 5.74) is 0.123. The maximum atomic E-state index is 12.9. The molecular weight excluding hydrogens is 366 g/mol. The molecule has 2 saturated heterocycles. The zero-order valence-electron chi connectivity index (χ0n) is 16.7. The van der Waals surface area contributed by atoms with Crippen molar-refractivity contribution in [3.8, 4) is 0 Å². The number of carbonyl (C=O) groups is 1. The number of rotatable bonds is 4. The number of carbonyl (C=O) groups excluding carboxylic acids is 1. The highest BCUT2D eigenvalue weighted by atomic mass is 32.1. The van der Waals surface area contributed by atoms with Crippen LogP contribution < -0.4 is 10.6 Å². The summed E-state index contributed by atoms with van der Waals surface area (Å²) in [5.74, 6) is 2.63. The van der Waals surface area contributed by atoms with E-state index in [4.69, 9.17) is 0 Å². The molecule has 2 atom stereocenters. The van der Waals surface area contributed by atoms with E-state index in [0.29, 0.717) is 18.1 Å². The zero-order valence-corrected chi connectivity index (χ0v) is 17.6. The van der Waals surface area contributed by atoms with Crippen LogP contribution in [0.25, 0.3) is 0 Å². The van der Waals surface area contributed by atoms with Gasteiger partial charge in [0.05, 0.1) is 0 Å². The predicted octanol–water partition coefficient (Wildman–Crippen LogP) is 4.51. The molecule has 152 valence electrons. The Morgan fingerprint density at radius 2 is 1.68 bits per heavy atom. The Kier molecular flexibility index (Phi) is 4.27. The van der Waals surface area contributed by atoms with E-state index in [1.807, 2.05) is 11.3 Å². The lowest BCUT2D eigenvalue weighted by atomic mass is 9.53. The molecule has 1 aromatic rings. The first-order valence-corrected chi connectivity index (χ1v) is 12.4. The van der Waals surface area contributed by atoms with Crippen LogP contribution in [-0.2, 0) is 6.54 Å². The molecule has 1 aromatic heterocycles. The third-order valence-electron chi connectivity index (χ3n) is 8.55. The summed E-state index contributed by atoms with van der Waals surface area (Å²) in [6.45, 7) is 1.10. The number of hydrogen-bond donors (Lipinski definition) is 2. The van der Waals surface area contributed by atoms with E-state index in [-0.39, 0.29) is 11.6 Å². The van der Waals surface area contributed by atoms with Gasteiger partial charge in [-0.2, -0.15) is 0 Å². The highest BCUT2D eigenvalue weighted by Gasteiger charge is 2.51. The lowest BCUT2D eigenvalue weighted by Gasteiger charge is -2.56. The first-order valence-electron chi connectivity index (χ1n) is 11.5. The normalized spacial score (nSPS) is 44.0. The molecule has 5 heteroatoms. The topological polar surface area (TPSA) is 44.4 Å². The summed E-state index contributed by atoms with van der Waals surface area (Å²) in [4.78, 5) is 17.1. The van der Waals surface area contributed by atoms with Crippen LogP contribution in [0.15, 0.2) is 17.5 Å². The van der Waals surface area contributed by atoms with E-state index in [0.717, 1.165) is 37.1 Å². The standard InChI is InChI=1S/C23H33N3OS/c27-22(25-23-11-15-6-16(12-23)8-17(7-15)13-23)24-18-9-19-3-4-20(10-18)26(19)14-21-2-1-5-28-21/h1-2,5,15-20H,3-4,6-14H2,(H2,24,25,27). The van der Waals surface area contributed by atoms with E-state index >= 15 is 0 Å². The Balaban J connectivity index is 1.06. The average molecular weight is 400 g/mol. The Morgan fingerprint density at radius 3 is 2.25 bits per heavy atom. The molecule has 0 radical (unpaired) electrons. The SMILES string of the molecule is O=C(NC1CC2CCC(C1)N2Cc1cccs1)NC12CC3CC(CC(C3)C1)C2. The van der Waals surface area contributed by atoms with Gasteiger partial charge in [0.1, 0.15) is 0 Å². The fourth-order valence-corrected chi connectivity index (χ4v) is 8.67. The second-order valence-electron chi connectivity index (χ2n) is 10.6. The molecule has 2 unspecified atom stereocenters. The molecule has 4 aliphatic carbocycles. The van der Waals surface area contributed by atoms with E-state index in [9.17, 15) is 4.79 Å². The quantitative estimate of drug-likeness (QED) is 0.782. The van der Waals surface area contributed by atoms with E-state index in [1.54, 1.807) is 0 Å². The molecule has 3 heterocycles. The van der Waals surface area contributed by atoms with Gasteiger partial charge in [-0.05, 0) is 93.4 Å². The molecule has 28 heavy (non-hydrogen) atoms. The van der Waals surface area contributed by atoms with Crippen LogP contribution in [0.1, 0.15) is 69.1 Å². The molecule has 6 aliphatic rings. The number of fused-ring (bicyclic) bond motifs is 2. The van der Waals surface area contributed by atoms with Gasteiger partial charge in [-0.25, -0.2) is 4.79 Å².